The molecule has 1 heterocycles. The van der Waals surface area contributed by atoms with E-state index in [9.17, 15) is 14.0 Å². The summed E-state index contributed by atoms with van der Waals surface area (Å²) in [6.45, 7) is 0. The number of hydrogen-bond acceptors (Lipinski definition) is 4. The van der Waals surface area contributed by atoms with Crippen molar-refractivity contribution in [1.82, 2.24) is 0 Å². The average Bonchev–Trinajstić information content (AvgIpc) is 2.97. The van der Waals surface area contributed by atoms with Gasteiger partial charge in [-0.15, -0.1) is 0 Å². The predicted octanol–water partition coefficient (Wildman–Crippen LogP) is 4.66. The molecule has 0 saturated carbocycles. The Kier molecular flexibility index (Phi) is 4.26. The van der Waals surface area contributed by atoms with Gasteiger partial charge in [-0.25, -0.2) is 9.18 Å². The van der Waals surface area contributed by atoms with E-state index in [-0.39, 0.29) is 17.3 Å². The normalized spacial score (nSPS) is 14.0. The smallest absolute Gasteiger partial charge is 0.343 e. The standard InChI is InChI=1S/C22H13FO4/c23-16-8-4-5-14(11-16)12-20-21(24)18-10-9-17(13-19(18)27-20)26-22(25)15-6-2-1-3-7-15/h1-13H. The van der Waals surface area contributed by atoms with Crippen LogP contribution in [-0.2, 0) is 0 Å². The van der Waals surface area contributed by atoms with E-state index in [1.54, 1.807) is 42.5 Å². The van der Waals surface area contributed by atoms with Crippen LogP contribution in [0.3, 0.4) is 0 Å². The van der Waals surface area contributed by atoms with Crippen LogP contribution in [0.15, 0.2) is 78.6 Å². The van der Waals surface area contributed by atoms with E-state index >= 15 is 0 Å². The minimum absolute atomic E-state index is 0.0853. The van der Waals surface area contributed by atoms with Crippen LogP contribution < -0.4 is 9.47 Å². The van der Waals surface area contributed by atoms with Gasteiger partial charge in [0.1, 0.15) is 17.3 Å². The van der Waals surface area contributed by atoms with Gasteiger partial charge in [0.2, 0.25) is 5.78 Å². The van der Waals surface area contributed by atoms with Crippen LogP contribution in [0.1, 0.15) is 26.3 Å². The van der Waals surface area contributed by atoms with Gasteiger partial charge in [0.15, 0.2) is 5.76 Å². The molecular weight excluding hydrogens is 347 g/mol. The molecule has 0 unspecified atom stereocenters. The molecule has 0 fully saturated rings. The van der Waals surface area contributed by atoms with Gasteiger partial charge in [-0.1, -0.05) is 30.3 Å². The van der Waals surface area contributed by atoms with Crippen molar-refractivity contribution >= 4 is 17.8 Å². The molecule has 4 rings (SSSR count). The fourth-order valence-corrected chi connectivity index (χ4v) is 2.72. The SMILES string of the molecule is O=C(Oc1ccc2c(c1)OC(=Cc1cccc(F)c1)C2=O)c1ccccc1. The van der Waals surface area contributed by atoms with E-state index in [0.29, 0.717) is 22.4 Å². The second-order valence-corrected chi connectivity index (χ2v) is 5.91. The molecule has 1 aliphatic heterocycles. The second-order valence-electron chi connectivity index (χ2n) is 5.91. The molecule has 0 aromatic heterocycles. The fourth-order valence-electron chi connectivity index (χ4n) is 2.72. The molecule has 0 aliphatic carbocycles. The second kappa shape index (κ2) is 6.88. The van der Waals surface area contributed by atoms with Gasteiger partial charge < -0.3 is 9.47 Å². The van der Waals surface area contributed by atoms with Crippen LogP contribution in [-0.4, -0.2) is 11.8 Å². The lowest BCUT2D eigenvalue weighted by atomic mass is 10.1. The summed E-state index contributed by atoms with van der Waals surface area (Å²) in [5.74, 6) is -0.571. The summed E-state index contributed by atoms with van der Waals surface area (Å²) < 4.78 is 24.2. The summed E-state index contributed by atoms with van der Waals surface area (Å²) in [5.41, 5.74) is 1.29. The lowest BCUT2D eigenvalue weighted by Crippen LogP contribution is -2.08. The summed E-state index contributed by atoms with van der Waals surface area (Å²) in [6.07, 6.45) is 1.47. The first kappa shape index (κ1) is 16.7. The lowest BCUT2D eigenvalue weighted by molar-refractivity contribution is 0.0734. The van der Waals surface area contributed by atoms with Crippen LogP contribution in [0.4, 0.5) is 4.39 Å². The van der Waals surface area contributed by atoms with Gasteiger partial charge in [0, 0.05) is 6.07 Å². The summed E-state index contributed by atoms with van der Waals surface area (Å²) in [6, 6.07) is 19.0. The molecule has 0 spiro atoms. The molecule has 27 heavy (non-hydrogen) atoms. The van der Waals surface area contributed by atoms with Crippen molar-refractivity contribution in [1.29, 1.82) is 0 Å². The number of ketones is 1. The van der Waals surface area contributed by atoms with E-state index in [1.807, 2.05) is 0 Å². The molecule has 132 valence electrons. The summed E-state index contributed by atoms with van der Waals surface area (Å²) >= 11 is 0. The Morgan fingerprint density at radius 1 is 0.963 bits per heavy atom. The minimum atomic E-state index is -0.504. The highest BCUT2D eigenvalue weighted by atomic mass is 19.1. The van der Waals surface area contributed by atoms with Gasteiger partial charge >= 0.3 is 5.97 Å². The first-order chi connectivity index (χ1) is 13.1. The predicted molar refractivity (Wildman–Crippen MR) is 97.2 cm³/mol. The molecule has 0 bridgehead atoms. The molecule has 0 radical (unpaired) electrons. The van der Waals surface area contributed by atoms with Crippen molar-refractivity contribution < 1.29 is 23.5 Å². The number of esters is 1. The van der Waals surface area contributed by atoms with Gasteiger partial charge in [0.05, 0.1) is 11.1 Å². The first-order valence-electron chi connectivity index (χ1n) is 8.21. The average molecular weight is 360 g/mol. The molecule has 0 saturated heterocycles. The van der Waals surface area contributed by atoms with E-state index < -0.39 is 11.8 Å². The van der Waals surface area contributed by atoms with E-state index in [0.717, 1.165) is 0 Å². The number of allylic oxidation sites excluding steroid dienone is 1. The van der Waals surface area contributed by atoms with Crippen molar-refractivity contribution in [3.05, 3.63) is 101 Å². The third-order valence-electron chi connectivity index (χ3n) is 4.01. The molecule has 1 aliphatic rings. The summed E-state index contributed by atoms with van der Waals surface area (Å²) in [4.78, 5) is 24.6. The lowest BCUT2D eigenvalue weighted by Gasteiger charge is -2.05. The van der Waals surface area contributed by atoms with Crippen LogP contribution >= 0.6 is 0 Å². The topological polar surface area (TPSA) is 52.6 Å². The van der Waals surface area contributed by atoms with Gasteiger partial charge in [-0.3, -0.25) is 4.79 Å². The zero-order valence-corrected chi connectivity index (χ0v) is 14.0. The van der Waals surface area contributed by atoms with Crippen molar-refractivity contribution in [3.8, 4) is 11.5 Å². The number of hydrogen-bond donors (Lipinski definition) is 0. The molecule has 0 atom stereocenters. The van der Waals surface area contributed by atoms with Gasteiger partial charge in [0.25, 0.3) is 0 Å². The Hall–Kier alpha value is -3.73. The zero-order valence-electron chi connectivity index (χ0n) is 14.0. The molecule has 3 aromatic rings. The van der Waals surface area contributed by atoms with E-state index in [1.165, 1.54) is 36.4 Å². The third-order valence-corrected chi connectivity index (χ3v) is 4.01. The zero-order chi connectivity index (χ0) is 18.8. The molecule has 0 amide bonds. The Labute approximate surface area is 154 Å². The minimum Gasteiger partial charge on any atom is -0.452 e. The summed E-state index contributed by atoms with van der Waals surface area (Å²) in [5, 5.41) is 0. The highest BCUT2D eigenvalue weighted by molar-refractivity contribution is 6.14. The van der Waals surface area contributed by atoms with Gasteiger partial charge in [-0.05, 0) is 48.0 Å². The number of carbonyl (C=O) groups excluding carboxylic acids is 2. The van der Waals surface area contributed by atoms with Crippen LogP contribution in [0, 0.1) is 5.82 Å². The number of Topliss-reactive ketones (excluding diaryl/α,β-unsaturated/α-hetero) is 1. The highest BCUT2D eigenvalue weighted by Gasteiger charge is 2.28. The van der Waals surface area contributed by atoms with E-state index in [2.05, 4.69) is 0 Å². The monoisotopic (exact) mass is 360 g/mol. The van der Waals surface area contributed by atoms with Crippen molar-refractivity contribution in [2.45, 2.75) is 0 Å². The highest BCUT2D eigenvalue weighted by Crippen LogP contribution is 2.35. The Morgan fingerprint density at radius 2 is 1.78 bits per heavy atom. The molecule has 0 N–H and O–H groups in total. The maximum atomic E-state index is 13.3. The molecule has 3 aromatic carbocycles. The van der Waals surface area contributed by atoms with Crippen LogP contribution in [0.2, 0.25) is 0 Å². The Balaban J connectivity index is 1.57. The van der Waals surface area contributed by atoms with E-state index in [4.69, 9.17) is 9.47 Å². The van der Waals surface area contributed by atoms with Crippen LogP contribution in [0.25, 0.3) is 6.08 Å². The first-order valence-corrected chi connectivity index (χ1v) is 8.21. The third kappa shape index (κ3) is 3.48. The number of fused-ring (bicyclic) bond motifs is 1. The number of carbonyl (C=O) groups is 2. The maximum absolute atomic E-state index is 13.3. The fraction of sp³-hybridized carbons (Fsp3) is 0. The van der Waals surface area contributed by atoms with Crippen molar-refractivity contribution in [2.24, 2.45) is 0 Å². The maximum Gasteiger partial charge on any atom is 0.343 e. The molecule has 4 nitrogen and oxygen atoms in total. The Bertz CT molecular complexity index is 1070. The number of ether oxygens (including phenoxy) is 2. The number of benzene rings is 3. The summed E-state index contributed by atoms with van der Waals surface area (Å²) in [7, 11) is 0. The number of rotatable bonds is 3. The van der Waals surface area contributed by atoms with Crippen molar-refractivity contribution in [3.63, 3.8) is 0 Å². The largest absolute Gasteiger partial charge is 0.452 e. The molecule has 5 heteroatoms. The molecular formula is C22H13FO4. The quantitative estimate of drug-likeness (QED) is 0.387. The van der Waals surface area contributed by atoms with Crippen molar-refractivity contribution in [2.75, 3.05) is 0 Å². The van der Waals surface area contributed by atoms with Gasteiger partial charge in [-0.2, -0.15) is 0 Å². The Morgan fingerprint density at radius 3 is 2.56 bits per heavy atom. The number of halogens is 1. The van der Waals surface area contributed by atoms with Crippen LogP contribution in [0.5, 0.6) is 11.5 Å².